The van der Waals surface area contributed by atoms with Crippen LogP contribution in [0, 0.1) is 10.1 Å². The van der Waals surface area contributed by atoms with Gasteiger partial charge in [0.1, 0.15) is 5.75 Å². The van der Waals surface area contributed by atoms with Crippen LogP contribution >= 0.6 is 0 Å². The Kier molecular flexibility index (Phi) is 7.67. The molecule has 4 rings (SSSR count). The quantitative estimate of drug-likeness (QED) is 0.385. The number of ether oxygens (including phenoxy) is 1. The number of para-hydroxylation sites is 2. The molecular formula is C25H27N5O4. The molecule has 0 atom stereocenters. The van der Waals surface area contributed by atoms with E-state index in [0.29, 0.717) is 5.75 Å². The van der Waals surface area contributed by atoms with Crippen LogP contribution in [-0.2, 0) is 11.2 Å². The molecule has 1 fully saturated rings. The first-order chi connectivity index (χ1) is 16.6. The van der Waals surface area contributed by atoms with Crippen molar-refractivity contribution in [1.82, 2.24) is 9.88 Å². The number of nitrogens with one attached hydrogen (secondary N) is 1. The van der Waals surface area contributed by atoms with Crippen molar-refractivity contribution in [2.45, 2.75) is 6.42 Å². The maximum Gasteiger partial charge on any atom is 0.269 e. The lowest BCUT2D eigenvalue weighted by atomic mass is 10.1. The lowest BCUT2D eigenvalue weighted by molar-refractivity contribution is -0.384. The van der Waals surface area contributed by atoms with Gasteiger partial charge in [-0.2, -0.15) is 0 Å². The molecule has 0 radical (unpaired) electrons. The van der Waals surface area contributed by atoms with Crippen molar-refractivity contribution < 1.29 is 14.5 Å². The average molecular weight is 462 g/mol. The van der Waals surface area contributed by atoms with Crippen molar-refractivity contribution in [3.63, 3.8) is 0 Å². The number of piperazine rings is 1. The van der Waals surface area contributed by atoms with Crippen LogP contribution in [0.5, 0.6) is 5.75 Å². The number of amides is 1. The second kappa shape index (κ2) is 11.2. The monoisotopic (exact) mass is 461 g/mol. The predicted molar refractivity (Wildman–Crippen MR) is 130 cm³/mol. The molecule has 176 valence electrons. The molecule has 0 saturated carbocycles. The normalized spacial score (nSPS) is 13.9. The highest BCUT2D eigenvalue weighted by Gasteiger charge is 2.20. The molecule has 0 spiro atoms. The predicted octanol–water partition coefficient (Wildman–Crippen LogP) is 3.37. The van der Waals surface area contributed by atoms with E-state index in [1.54, 1.807) is 0 Å². The van der Waals surface area contributed by atoms with Crippen molar-refractivity contribution in [3.05, 3.63) is 88.7 Å². The van der Waals surface area contributed by atoms with Gasteiger partial charge in [0, 0.05) is 57.3 Å². The SMILES string of the molecule is O=C(COc1ccc([N+](=O)[O-])cc1)Nc1ccccc1N1CCN(CCc2ccncc2)CC1. The van der Waals surface area contributed by atoms with Gasteiger partial charge in [-0.3, -0.25) is 24.8 Å². The van der Waals surface area contributed by atoms with E-state index in [2.05, 4.69) is 32.2 Å². The Balaban J connectivity index is 1.28. The Morgan fingerprint density at radius 3 is 2.41 bits per heavy atom. The molecule has 2 heterocycles. The largest absolute Gasteiger partial charge is 0.484 e. The number of aromatic nitrogens is 1. The third kappa shape index (κ3) is 6.29. The standard InChI is InChI=1S/C25H27N5O4/c31-25(19-34-22-7-5-21(6-8-22)30(32)33)27-23-3-1-2-4-24(23)29-17-15-28(16-18-29)14-11-20-9-12-26-13-10-20/h1-10,12-13H,11,14-19H2,(H,27,31). The van der Waals surface area contributed by atoms with E-state index < -0.39 is 4.92 Å². The highest BCUT2D eigenvalue weighted by molar-refractivity contribution is 5.95. The summed E-state index contributed by atoms with van der Waals surface area (Å²) >= 11 is 0. The fourth-order valence-corrected chi connectivity index (χ4v) is 3.90. The van der Waals surface area contributed by atoms with Gasteiger partial charge in [-0.1, -0.05) is 12.1 Å². The van der Waals surface area contributed by atoms with Gasteiger partial charge in [0.2, 0.25) is 0 Å². The van der Waals surface area contributed by atoms with E-state index in [1.807, 2.05) is 36.7 Å². The van der Waals surface area contributed by atoms with Crippen LogP contribution in [0.25, 0.3) is 0 Å². The van der Waals surface area contributed by atoms with Gasteiger partial charge < -0.3 is 15.0 Å². The molecule has 34 heavy (non-hydrogen) atoms. The van der Waals surface area contributed by atoms with E-state index in [1.165, 1.54) is 29.8 Å². The van der Waals surface area contributed by atoms with Gasteiger partial charge in [-0.15, -0.1) is 0 Å². The van der Waals surface area contributed by atoms with Gasteiger partial charge in [0.15, 0.2) is 6.61 Å². The molecule has 1 saturated heterocycles. The molecular weight excluding hydrogens is 434 g/mol. The summed E-state index contributed by atoms with van der Waals surface area (Å²) in [6, 6.07) is 17.5. The van der Waals surface area contributed by atoms with E-state index in [-0.39, 0.29) is 18.2 Å². The van der Waals surface area contributed by atoms with Gasteiger partial charge in [0.05, 0.1) is 16.3 Å². The number of pyridine rings is 1. The summed E-state index contributed by atoms with van der Waals surface area (Å²) in [6.45, 7) is 4.49. The van der Waals surface area contributed by atoms with E-state index >= 15 is 0 Å². The maximum absolute atomic E-state index is 12.5. The number of rotatable bonds is 9. The summed E-state index contributed by atoms with van der Waals surface area (Å²) in [4.78, 5) is 31.6. The number of nitro benzene ring substituents is 1. The number of carbonyl (C=O) groups is 1. The molecule has 1 N–H and O–H groups in total. The first-order valence-electron chi connectivity index (χ1n) is 11.2. The summed E-state index contributed by atoms with van der Waals surface area (Å²) in [5, 5.41) is 13.7. The third-order valence-electron chi connectivity index (χ3n) is 5.77. The fourth-order valence-electron chi connectivity index (χ4n) is 3.90. The van der Waals surface area contributed by atoms with Gasteiger partial charge in [-0.25, -0.2) is 0 Å². The second-order valence-electron chi connectivity index (χ2n) is 8.04. The summed E-state index contributed by atoms with van der Waals surface area (Å²) in [5.74, 6) is 0.110. The number of carbonyl (C=O) groups excluding carboxylic acids is 1. The topological polar surface area (TPSA) is 101 Å². The smallest absolute Gasteiger partial charge is 0.269 e. The molecule has 3 aromatic rings. The minimum atomic E-state index is -0.478. The Hall–Kier alpha value is -3.98. The summed E-state index contributed by atoms with van der Waals surface area (Å²) in [5.41, 5.74) is 3.00. The van der Waals surface area contributed by atoms with Crippen molar-refractivity contribution >= 4 is 23.0 Å². The van der Waals surface area contributed by atoms with E-state index in [4.69, 9.17) is 4.74 Å². The van der Waals surface area contributed by atoms with Gasteiger partial charge in [0.25, 0.3) is 11.6 Å². The molecule has 1 aliphatic heterocycles. The van der Waals surface area contributed by atoms with Crippen LogP contribution in [0.15, 0.2) is 73.1 Å². The Bertz CT molecular complexity index is 1100. The van der Waals surface area contributed by atoms with Crippen LogP contribution < -0.4 is 15.0 Å². The Morgan fingerprint density at radius 1 is 1.00 bits per heavy atom. The summed E-state index contributed by atoms with van der Waals surface area (Å²) < 4.78 is 5.48. The zero-order chi connectivity index (χ0) is 23.8. The van der Waals surface area contributed by atoms with Crippen molar-refractivity contribution in [1.29, 1.82) is 0 Å². The number of benzene rings is 2. The van der Waals surface area contributed by atoms with Gasteiger partial charge >= 0.3 is 0 Å². The number of anilines is 2. The molecule has 1 aliphatic rings. The molecule has 1 aromatic heterocycles. The fraction of sp³-hybridized carbons (Fsp3) is 0.280. The third-order valence-corrected chi connectivity index (χ3v) is 5.77. The van der Waals surface area contributed by atoms with E-state index in [9.17, 15) is 14.9 Å². The molecule has 9 nitrogen and oxygen atoms in total. The molecule has 0 bridgehead atoms. The van der Waals surface area contributed by atoms with E-state index in [0.717, 1.165) is 50.5 Å². The lowest BCUT2D eigenvalue weighted by Gasteiger charge is -2.37. The molecule has 0 unspecified atom stereocenters. The number of hydrogen-bond donors (Lipinski definition) is 1. The molecule has 1 amide bonds. The maximum atomic E-state index is 12.5. The Labute approximate surface area is 198 Å². The van der Waals surface area contributed by atoms with Crippen LogP contribution in [0.1, 0.15) is 5.56 Å². The highest BCUT2D eigenvalue weighted by atomic mass is 16.6. The molecule has 9 heteroatoms. The van der Waals surface area contributed by atoms with Crippen LogP contribution in [-0.4, -0.2) is 60.0 Å². The average Bonchev–Trinajstić information content (AvgIpc) is 2.88. The first-order valence-corrected chi connectivity index (χ1v) is 11.2. The highest BCUT2D eigenvalue weighted by Crippen LogP contribution is 2.27. The van der Waals surface area contributed by atoms with Gasteiger partial charge in [-0.05, 0) is 48.4 Å². The minimum Gasteiger partial charge on any atom is -0.484 e. The van der Waals surface area contributed by atoms with Crippen molar-refractivity contribution in [3.8, 4) is 5.75 Å². The number of hydrogen-bond acceptors (Lipinski definition) is 7. The van der Waals surface area contributed by atoms with Crippen LogP contribution in [0.4, 0.5) is 17.1 Å². The molecule has 2 aromatic carbocycles. The van der Waals surface area contributed by atoms with Crippen molar-refractivity contribution in [2.24, 2.45) is 0 Å². The Morgan fingerprint density at radius 2 is 1.71 bits per heavy atom. The first kappa shape index (κ1) is 23.2. The zero-order valence-electron chi connectivity index (χ0n) is 18.8. The second-order valence-corrected chi connectivity index (χ2v) is 8.04. The number of nitrogens with zero attached hydrogens (tertiary/aromatic N) is 4. The molecule has 0 aliphatic carbocycles. The summed E-state index contributed by atoms with van der Waals surface area (Å²) in [6.07, 6.45) is 4.66. The number of nitro groups is 1. The van der Waals surface area contributed by atoms with Crippen molar-refractivity contribution in [2.75, 3.05) is 49.5 Å². The minimum absolute atomic E-state index is 0.0248. The lowest BCUT2D eigenvalue weighted by Crippen LogP contribution is -2.47. The summed E-state index contributed by atoms with van der Waals surface area (Å²) in [7, 11) is 0. The van der Waals surface area contributed by atoms with Crippen LogP contribution in [0.3, 0.4) is 0 Å². The zero-order valence-corrected chi connectivity index (χ0v) is 18.8. The number of non-ortho nitro benzene ring substituents is 1. The van der Waals surface area contributed by atoms with Crippen LogP contribution in [0.2, 0.25) is 0 Å².